The molecule has 2 aromatic carbocycles. The molecule has 10 nitrogen and oxygen atoms in total. The van der Waals surface area contributed by atoms with Gasteiger partial charge in [-0.1, -0.05) is 24.3 Å². The number of aryl methyl sites for hydroxylation is 1. The molecule has 6 aromatic rings. The number of halogens is 3. The van der Waals surface area contributed by atoms with Gasteiger partial charge < -0.3 is 15.6 Å². The average molecular weight is 558 g/mol. The van der Waals surface area contributed by atoms with E-state index in [1.54, 1.807) is 48.4 Å². The number of nitrogens with zero attached hydrogens (tertiary/aromatic N) is 7. The Morgan fingerprint density at radius 2 is 1.88 bits per heavy atom. The Morgan fingerprint density at radius 1 is 1.02 bits per heavy atom. The third-order valence-electron chi connectivity index (χ3n) is 6.49. The van der Waals surface area contributed by atoms with Crippen molar-refractivity contribution in [3.63, 3.8) is 0 Å². The highest BCUT2D eigenvalue weighted by atomic mass is 19.4. The summed E-state index contributed by atoms with van der Waals surface area (Å²) >= 11 is 0. The number of carbonyl (C=O) groups is 1. The van der Waals surface area contributed by atoms with E-state index in [2.05, 4.69) is 30.4 Å². The van der Waals surface area contributed by atoms with Crippen molar-refractivity contribution in [2.45, 2.75) is 19.3 Å². The molecule has 0 atom stereocenters. The van der Waals surface area contributed by atoms with Crippen molar-refractivity contribution >= 4 is 33.7 Å². The number of benzene rings is 2. The van der Waals surface area contributed by atoms with Crippen LogP contribution in [0.25, 0.3) is 44.6 Å². The molecule has 13 heteroatoms. The summed E-state index contributed by atoms with van der Waals surface area (Å²) in [6.45, 7) is -1.18. The van der Waals surface area contributed by atoms with Crippen molar-refractivity contribution in [1.82, 2.24) is 39.6 Å². The van der Waals surface area contributed by atoms with E-state index in [9.17, 15) is 18.0 Å². The predicted octanol–water partition coefficient (Wildman–Crippen LogP) is 4.52. The van der Waals surface area contributed by atoms with Gasteiger partial charge >= 0.3 is 6.18 Å². The van der Waals surface area contributed by atoms with Crippen LogP contribution in [0.3, 0.4) is 0 Å². The number of alkyl halides is 3. The lowest BCUT2D eigenvalue weighted by Gasteiger charge is -2.13. The van der Waals surface area contributed by atoms with E-state index in [4.69, 9.17) is 5.73 Å². The Kier molecular flexibility index (Phi) is 6.33. The van der Waals surface area contributed by atoms with Crippen LogP contribution in [0.5, 0.6) is 0 Å². The van der Waals surface area contributed by atoms with Crippen LogP contribution in [0.15, 0.2) is 73.3 Å². The number of amides is 1. The number of hydrogen-bond acceptors (Lipinski definition) is 7. The van der Waals surface area contributed by atoms with Gasteiger partial charge in [0.25, 0.3) is 5.91 Å². The van der Waals surface area contributed by atoms with Crippen molar-refractivity contribution in [3.05, 3.63) is 84.6 Å². The maximum Gasteiger partial charge on any atom is 0.406 e. The van der Waals surface area contributed by atoms with Crippen molar-refractivity contribution in [2.75, 3.05) is 5.73 Å². The van der Waals surface area contributed by atoms with Gasteiger partial charge in [-0.2, -0.15) is 18.3 Å². The first-order chi connectivity index (χ1) is 19.7. The molecular formula is C28H22F3N9O. The number of pyridine rings is 1. The molecule has 4 aromatic heterocycles. The predicted molar refractivity (Wildman–Crippen MR) is 146 cm³/mol. The van der Waals surface area contributed by atoms with E-state index in [0.717, 1.165) is 21.8 Å². The number of rotatable bonds is 6. The molecule has 0 aliphatic heterocycles. The van der Waals surface area contributed by atoms with Crippen LogP contribution in [0.1, 0.15) is 16.1 Å². The van der Waals surface area contributed by atoms with Gasteiger partial charge in [0.15, 0.2) is 11.5 Å². The maximum atomic E-state index is 13.3. The molecule has 0 saturated carbocycles. The standard InChI is InChI=1S/C28H22F3N9O/c1-39-11-9-20(38-39)24-23(17-7-8-19-16(12-17)5-3-10-33-19)36-25(26(32)37-24)27(41)34-13-18-4-2-6-21-22(18)35-15-40(21)14-28(29,30)31/h2-12,15H,13-14H2,1H3,(H2,32,37)(H,34,41). The molecule has 41 heavy (non-hydrogen) atoms. The monoisotopic (exact) mass is 557 g/mol. The number of hydrogen-bond donors (Lipinski definition) is 2. The number of carbonyl (C=O) groups excluding carboxylic acids is 1. The maximum absolute atomic E-state index is 13.3. The van der Waals surface area contributed by atoms with Gasteiger partial charge in [-0.15, -0.1) is 0 Å². The van der Waals surface area contributed by atoms with Gasteiger partial charge in [-0.3, -0.25) is 14.5 Å². The zero-order chi connectivity index (χ0) is 28.7. The number of anilines is 1. The zero-order valence-corrected chi connectivity index (χ0v) is 21.6. The third kappa shape index (κ3) is 5.16. The lowest BCUT2D eigenvalue weighted by Crippen LogP contribution is -2.26. The highest BCUT2D eigenvalue weighted by molar-refractivity contribution is 5.98. The second kappa shape index (κ2) is 10.0. The van der Waals surface area contributed by atoms with Crippen LogP contribution < -0.4 is 11.1 Å². The van der Waals surface area contributed by atoms with Gasteiger partial charge in [-0.05, 0) is 35.9 Å². The van der Waals surface area contributed by atoms with Crippen LogP contribution in [0.4, 0.5) is 19.0 Å². The SMILES string of the molecule is Cn1ccc(-c2nc(N)c(C(=O)NCc3cccc4c3ncn4CC(F)(F)F)nc2-c2ccc3ncccc3c2)n1. The molecule has 3 N–H and O–H groups in total. The molecular weight excluding hydrogens is 535 g/mol. The molecule has 0 spiro atoms. The summed E-state index contributed by atoms with van der Waals surface area (Å²) in [7, 11) is 1.77. The zero-order valence-electron chi connectivity index (χ0n) is 21.6. The van der Waals surface area contributed by atoms with Crippen molar-refractivity contribution < 1.29 is 18.0 Å². The molecule has 0 fully saturated rings. The van der Waals surface area contributed by atoms with E-state index in [1.165, 1.54) is 0 Å². The van der Waals surface area contributed by atoms with Crippen LogP contribution in [0, 0.1) is 0 Å². The highest BCUT2D eigenvalue weighted by Gasteiger charge is 2.29. The molecule has 0 unspecified atom stereocenters. The van der Waals surface area contributed by atoms with Crippen molar-refractivity contribution in [2.24, 2.45) is 7.05 Å². The van der Waals surface area contributed by atoms with Crippen LogP contribution in [0.2, 0.25) is 0 Å². The highest BCUT2D eigenvalue weighted by Crippen LogP contribution is 2.31. The molecule has 0 bridgehead atoms. The number of fused-ring (bicyclic) bond motifs is 2. The Hall–Kier alpha value is -5.33. The second-order valence-electron chi connectivity index (χ2n) is 9.40. The summed E-state index contributed by atoms with van der Waals surface area (Å²) in [5.74, 6) is -0.694. The fourth-order valence-corrected chi connectivity index (χ4v) is 4.63. The minimum absolute atomic E-state index is 0.0146. The smallest absolute Gasteiger partial charge is 0.382 e. The number of nitrogens with two attached hydrogens (primary N) is 1. The topological polar surface area (TPSA) is 129 Å². The molecule has 0 saturated heterocycles. The molecule has 206 valence electrons. The summed E-state index contributed by atoms with van der Waals surface area (Å²) in [6, 6.07) is 15.9. The minimum Gasteiger partial charge on any atom is -0.382 e. The molecule has 4 heterocycles. The summed E-state index contributed by atoms with van der Waals surface area (Å²) < 4.78 is 41.5. The second-order valence-corrected chi connectivity index (χ2v) is 9.40. The number of aromatic nitrogens is 7. The lowest BCUT2D eigenvalue weighted by atomic mass is 10.0. The fraction of sp³-hybridized carbons (Fsp3) is 0.143. The molecule has 0 aliphatic rings. The summed E-state index contributed by atoms with van der Waals surface area (Å²) in [5.41, 5.74) is 10.1. The third-order valence-corrected chi connectivity index (χ3v) is 6.49. The van der Waals surface area contributed by atoms with E-state index >= 15 is 0 Å². The van der Waals surface area contributed by atoms with Crippen molar-refractivity contribution in [3.8, 4) is 22.6 Å². The van der Waals surface area contributed by atoms with Gasteiger partial charge in [0.05, 0.1) is 28.6 Å². The molecule has 0 aliphatic carbocycles. The normalized spacial score (nSPS) is 11.8. The van der Waals surface area contributed by atoms with Gasteiger partial charge in [-0.25, -0.2) is 15.0 Å². The number of nitrogen functional groups attached to an aromatic ring is 1. The Balaban J connectivity index is 1.35. The number of para-hydroxylation sites is 1. The van der Waals surface area contributed by atoms with E-state index in [0.29, 0.717) is 39.2 Å². The Morgan fingerprint density at radius 3 is 2.66 bits per heavy atom. The quantitative estimate of drug-likeness (QED) is 0.308. The van der Waals surface area contributed by atoms with Crippen LogP contribution in [-0.4, -0.2) is 46.4 Å². The van der Waals surface area contributed by atoms with Crippen LogP contribution >= 0.6 is 0 Å². The number of nitrogens with one attached hydrogen (secondary N) is 1. The summed E-state index contributed by atoms with van der Waals surface area (Å²) in [5, 5.41) is 8.07. The largest absolute Gasteiger partial charge is 0.406 e. The summed E-state index contributed by atoms with van der Waals surface area (Å²) in [6.07, 6.45) is 0.204. The van der Waals surface area contributed by atoms with E-state index in [1.807, 2.05) is 30.3 Å². The number of imidazole rings is 1. The molecule has 6 rings (SSSR count). The first kappa shape index (κ1) is 25.9. The Bertz CT molecular complexity index is 1930. The summed E-state index contributed by atoms with van der Waals surface area (Å²) in [4.78, 5) is 31.0. The first-order valence-corrected chi connectivity index (χ1v) is 12.5. The fourth-order valence-electron chi connectivity index (χ4n) is 4.63. The van der Waals surface area contributed by atoms with Gasteiger partial charge in [0.1, 0.15) is 17.9 Å². The average Bonchev–Trinajstić information content (AvgIpc) is 3.56. The first-order valence-electron chi connectivity index (χ1n) is 12.5. The van der Waals surface area contributed by atoms with Gasteiger partial charge in [0.2, 0.25) is 0 Å². The molecule has 1 amide bonds. The van der Waals surface area contributed by atoms with Crippen LogP contribution in [-0.2, 0) is 20.1 Å². The van der Waals surface area contributed by atoms with Crippen molar-refractivity contribution in [1.29, 1.82) is 0 Å². The minimum atomic E-state index is -4.39. The Labute approximate surface area is 230 Å². The lowest BCUT2D eigenvalue weighted by molar-refractivity contribution is -0.139. The van der Waals surface area contributed by atoms with E-state index in [-0.39, 0.29) is 18.1 Å². The van der Waals surface area contributed by atoms with E-state index < -0.39 is 18.6 Å². The van der Waals surface area contributed by atoms with Gasteiger partial charge in [0, 0.05) is 36.9 Å². The molecule has 0 radical (unpaired) electrons.